The van der Waals surface area contributed by atoms with Gasteiger partial charge in [0.15, 0.2) is 0 Å². The fraction of sp³-hybridized carbons (Fsp3) is 0.429. The first kappa shape index (κ1) is 18.4. The van der Waals surface area contributed by atoms with Crippen LogP contribution in [0.4, 0.5) is 0 Å². The van der Waals surface area contributed by atoms with E-state index in [9.17, 15) is 9.59 Å². The van der Waals surface area contributed by atoms with Gasteiger partial charge in [0.1, 0.15) is 6.04 Å². The minimum absolute atomic E-state index is 0.00903. The highest BCUT2D eigenvalue weighted by atomic mass is 16.2. The van der Waals surface area contributed by atoms with Crippen LogP contribution < -0.4 is 5.32 Å². The van der Waals surface area contributed by atoms with Gasteiger partial charge in [0, 0.05) is 37.3 Å². The van der Waals surface area contributed by atoms with E-state index in [1.807, 2.05) is 30.3 Å². The van der Waals surface area contributed by atoms with Crippen LogP contribution in [0, 0.1) is 11.3 Å². The van der Waals surface area contributed by atoms with E-state index < -0.39 is 0 Å². The molecule has 1 aromatic heterocycles. The van der Waals surface area contributed by atoms with Crippen molar-refractivity contribution in [2.24, 2.45) is 0 Å². The number of carbonyl (C=O) groups excluding carboxylic acids is 2. The van der Waals surface area contributed by atoms with Crippen LogP contribution in [0.5, 0.6) is 0 Å². The molecule has 7 heteroatoms. The molecule has 1 N–H and O–H groups in total. The third kappa shape index (κ3) is 3.82. The number of rotatable bonds is 4. The Morgan fingerprint density at radius 1 is 1.25 bits per heavy atom. The zero-order valence-corrected chi connectivity index (χ0v) is 15.7. The molecule has 2 amide bonds. The maximum atomic E-state index is 12.6. The average Bonchev–Trinajstić information content (AvgIpc) is 3.36. The molecule has 0 bridgehead atoms. The Morgan fingerprint density at radius 3 is 2.96 bits per heavy atom. The second-order valence-corrected chi connectivity index (χ2v) is 7.49. The lowest BCUT2D eigenvalue weighted by Crippen LogP contribution is -2.43. The molecular weight excluding hydrogens is 354 g/mol. The van der Waals surface area contributed by atoms with Gasteiger partial charge in [0.2, 0.25) is 5.91 Å². The first-order valence-electron chi connectivity index (χ1n) is 9.71. The van der Waals surface area contributed by atoms with Crippen LogP contribution >= 0.6 is 0 Å². The number of nitriles is 1. The Balaban J connectivity index is 1.32. The largest absolute Gasteiger partial charge is 0.348 e. The van der Waals surface area contributed by atoms with Gasteiger partial charge < -0.3 is 10.2 Å². The molecule has 144 valence electrons. The molecule has 0 aliphatic carbocycles. The van der Waals surface area contributed by atoms with E-state index in [1.54, 1.807) is 11.1 Å². The summed E-state index contributed by atoms with van der Waals surface area (Å²) < 4.78 is 0. The summed E-state index contributed by atoms with van der Waals surface area (Å²) in [5.41, 5.74) is 1.41. The van der Waals surface area contributed by atoms with Gasteiger partial charge in [-0.2, -0.15) is 5.26 Å². The number of nitrogens with zero attached hydrogens (tertiary/aromatic N) is 4. The van der Waals surface area contributed by atoms with Gasteiger partial charge in [0.25, 0.3) is 5.91 Å². The van der Waals surface area contributed by atoms with Gasteiger partial charge >= 0.3 is 0 Å². The number of hydrogen-bond donors (Lipinski definition) is 1. The smallest absolute Gasteiger partial charge is 0.253 e. The lowest BCUT2D eigenvalue weighted by molar-refractivity contribution is -0.132. The van der Waals surface area contributed by atoms with Crippen molar-refractivity contribution < 1.29 is 9.59 Å². The Bertz CT molecular complexity index is 938. The van der Waals surface area contributed by atoms with Gasteiger partial charge in [-0.05, 0) is 31.4 Å². The highest BCUT2D eigenvalue weighted by Gasteiger charge is 2.31. The quantitative estimate of drug-likeness (QED) is 0.873. The molecular formula is C21H23N5O2. The van der Waals surface area contributed by atoms with Crippen molar-refractivity contribution in [2.75, 3.05) is 26.2 Å². The van der Waals surface area contributed by atoms with Crippen molar-refractivity contribution >= 4 is 22.7 Å². The normalized spacial score (nSPS) is 22.3. The van der Waals surface area contributed by atoms with Gasteiger partial charge in [0.05, 0.1) is 23.7 Å². The van der Waals surface area contributed by atoms with Crippen LogP contribution in [-0.4, -0.2) is 64.9 Å². The predicted octanol–water partition coefficient (Wildman–Crippen LogP) is 1.55. The van der Waals surface area contributed by atoms with Crippen LogP contribution in [0.1, 0.15) is 29.6 Å². The van der Waals surface area contributed by atoms with Crippen LogP contribution in [0.25, 0.3) is 10.9 Å². The topological polar surface area (TPSA) is 89.3 Å². The molecule has 2 aliphatic rings. The number of hydrogen-bond acceptors (Lipinski definition) is 5. The molecule has 2 unspecified atom stereocenters. The summed E-state index contributed by atoms with van der Waals surface area (Å²) in [5, 5.41) is 13.1. The van der Waals surface area contributed by atoms with Gasteiger partial charge in [-0.15, -0.1) is 0 Å². The Hall–Kier alpha value is -2.98. The van der Waals surface area contributed by atoms with Crippen molar-refractivity contribution in [2.45, 2.75) is 31.3 Å². The molecule has 28 heavy (non-hydrogen) atoms. The first-order valence-corrected chi connectivity index (χ1v) is 9.71. The SMILES string of the molecule is N#CC1CCCN1C(=O)CN1CCC(NC(=O)c2cnc3ccccc3c2)C1. The first-order chi connectivity index (χ1) is 13.6. The van der Waals surface area contributed by atoms with E-state index in [4.69, 9.17) is 5.26 Å². The fourth-order valence-electron chi connectivity index (χ4n) is 4.04. The summed E-state index contributed by atoms with van der Waals surface area (Å²) in [6.45, 7) is 2.38. The van der Waals surface area contributed by atoms with Gasteiger partial charge in [-0.25, -0.2) is 0 Å². The molecule has 2 saturated heterocycles. The van der Waals surface area contributed by atoms with Crippen molar-refractivity contribution in [1.29, 1.82) is 5.26 Å². The van der Waals surface area contributed by atoms with Crippen molar-refractivity contribution in [3.8, 4) is 6.07 Å². The number of likely N-dealkylation sites (tertiary alicyclic amines) is 2. The molecule has 2 fully saturated rings. The number of fused-ring (bicyclic) bond motifs is 1. The second-order valence-electron chi connectivity index (χ2n) is 7.49. The zero-order valence-electron chi connectivity index (χ0n) is 15.7. The summed E-state index contributed by atoms with van der Waals surface area (Å²) in [4.78, 5) is 33.2. The minimum Gasteiger partial charge on any atom is -0.348 e. The Morgan fingerprint density at radius 2 is 2.11 bits per heavy atom. The summed E-state index contributed by atoms with van der Waals surface area (Å²) in [6, 6.07) is 11.5. The molecule has 2 aromatic rings. The molecule has 2 aliphatic heterocycles. The maximum absolute atomic E-state index is 12.6. The number of benzene rings is 1. The van der Waals surface area contributed by atoms with Crippen LogP contribution in [-0.2, 0) is 4.79 Å². The van der Waals surface area contributed by atoms with Gasteiger partial charge in [-0.3, -0.25) is 19.5 Å². The highest BCUT2D eigenvalue weighted by Crippen LogP contribution is 2.18. The number of aromatic nitrogens is 1. The molecule has 2 atom stereocenters. The summed E-state index contributed by atoms with van der Waals surface area (Å²) in [6.07, 6.45) is 4.06. The van der Waals surface area contributed by atoms with Crippen molar-refractivity contribution in [3.63, 3.8) is 0 Å². The van der Waals surface area contributed by atoms with Crippen LogP contribution in [0.2, 0.25) is 0 Å². The van der Waals surface area contributed by atoms with Gasteiger partial charge in [-0.1, -0.05) is 18.2 Å². The van der Waals surface area contributed by atoms with Crippen LogP contribution in [0.15, 0.2) is 36.5 Å². The molecule has 4 rings (SSSR count). The van der Waals surface area contributed by atoms with Crippen molar-refractivity contribution in [3.05, 3.63) is 42.1 Å². The minimum atomic E-state index is -0.286. The monoisotopic (exact) mass is 377 g/mol. The molecule has 1 aromatic carbocycles. The van der Waals surface area contributed by atoms with E-state index in [1.165, 1.54) is 0 Å². The van der Waals surface area contributed by atoms with Crippen molar-refractivity contribution in [1.82, 2.24) is 20.1 Å². The average molecular weight is 377 g/mol. The number of pyridine rings is 1. The summed E-state index contributed by atoms with van der Waals surface area (Å²) in [7, 11) is 0. The highest BCUT2D eigenvalue weighted by molar-refractivity contribution is 5.97. The zero-order chi connectivity index (χ0) is 19.5. The maximum Gasteiger partial charge on any atom is 0.253 e. The fourth-order valence-corrected chi connectivity index (χ4v) is 4.04. The molecule has 0 saturated carbocycles. The van der Waals surface area contributed by atoms with E-state index in [-0.39, 0.29) is 23.9 Å². The Kier molecular flexibility index (Phi) is 5.22. The lowest BCUT2D eigenvalue weighted by atomic mass is 10.1. The van der Waals surface area contributed by atoms with E-state index in [2.05, 4.69) is 21.3 Å². The Labute approximate surface area is 163 Å². The molecule has 3 heterocycles. The van der Waals surface area contributed by atoms with Crippen LogP contribution in [0.3, 0.4) is 0 Å². The predicted molar refractivity (Wildman–Crippen MR) is 104 cm³/mol. The number of para-hydroxylation sites is 1. The number of amides is 2. The van der Waals surface area contributed by atoms with E-state index in [0.29, 0.717) is 25.2 Å². The standard InChI is InChI=1S/C21H23N5O2/c22-11-18-5-3-8-26(18)20(27)14-25-9-7-17(13-25)24-21(28)16-10-15-4-1-2-6-19(15)23-12-16/h1-2,4,6,10,12,17-18H,3,5,7-9,13-14H2,(H,24,28). The van der Waals surface area contributed by atoms with E-state index >= 15 is 0 Å². The second kappa shape index (κ2) is 7.95. The molecule has 0 spiro atoms. The van der Waals surface area contributed by atoms with E-state index in [0.717, 1.165) is 36.7 Å². The lowest BCUT2D eigenvalue weighted by Gasteiger charge is -2.23. The number of carbonyl (C=O) groups is 2. The summed E-state index contributed by atoms with van der Waals surface area (Å²) >= 11 is 0. The molecule has 7 nitrogen and oxygen atoms in total. The molecule has 0 radical (unpaired) electrons. The third-order valence-electron chi connectivity index (χ3n) is 5.54. The summed E-state index contributed by atoms with van der Waals surface area (Å²) in [5.74, 6) is -0.129. The number of nitrogens with one attached hydrogen (secondary N) is 1. The third-order valence-corrected chi connectivity index (χ3v) is 5.54.